The van der Waals surface area contributed by atoms with Gasteiger partial charge in [0.1, 0.15) is 5.75 Å². The number of carbonyl (C=O) groups is 1. The summed E-state index contributed by atoms with van der Waals surface area (Å²) in [5.41, 5.74) is 3.10. The molecule has 0 amide bonds. The van der Waals surface area contributed by atoms with E-state index in [1.54, 1.807) is 24.3 Å². The Morgan fingerprint density at radius 2 is 1.55 bits per heavy atom. The monoisotopic (exact) mass is 312 g/mol. The zero-order valence-electron chi connectivity index (χ0n) is 12.2. The molecule has 6 heteroatoms. The summed E-state index contributed by atoms with van der Waals surface area (Å²) < 4.78 is 21.8. The maximum absolute atomic E-state index is 12.1. The molecule has 4 nitrogen and oxygen atoms in total. The van der Waals surface area contributed by atoms with Crippen LogP contribution < -0.4 is 4.52 Å². The summed E-state index contributed by atoms with van der Waals surface area (Å²) in [4.78, 5) is 12.1. The molecule has 2 aromatic carbocycles. The first-order valence-electron chi connectivity index (χ1n) is 6.54. The second-order valence-corrected chi connectivity index (χ2v) is 5.74. The Labute approximate surface area is 143 Å². The molecule has 0 saturated carbocycles. The van der Waals surface area contributed by atoms with Crippen LogP contribution in [0.15, 0.2) is 42.5 Å². The van der Waals surface area contributed by atoms with Crippen molar-refractivity contribution in [1.29, 1.82) is 0 Å². The van der Waals surface area contributed by atoms with Crippen molar-refractivity contribution in [3.05, 3.63) is 64.7 Å². The average Bonchev–Trinajstić information content (AvgIpc) is 2.38. The first-order valence-corrected chi connectivity index (χ1v) is 7.76. The minimum atomic E-state index is -2.93. The number of aryl methyl sites for hydroxylation is 3. The molecule has 0 aromatic heterocycles. The molecule has 0 aliphatic carbocycles. The fourth-order valence-electron chi connectivity index (χ4n) is 2.23. The van der Waals surface area contributed by atoms with Crippen molar-refractivity contribution in [2.75, 3.05) is 0 Å². The first kappa shape index (κ1) is 18.6. The molecular weight excluding hydrogens is 294 g/mol. The number of rotatable bonds is 4. The zero-order valence-corrected chi connectivity index (χ0v) is 13.2. The van der Waals surface area contributed by atoms with Gasteiger partial charge in [-0.2, -0.15) is 0 Å². The van der Waals surface area contributed by atoms with E-state index in [4.69, 9.17) is 9.05 Å². The molecule has 112 valence electrons. The number of benzene rings is 2. The van der Waals surface area contributed by atoms with Gasteiger partial charge in [0.05, 0.1) is 5.56 Å². The predicted molar refractivity (Wildman–Crippen MR) is 89.3 cm³/mol. The maximum atomic E-state index is 12.1. The van der Waals surface area contributed by atoms with Crippen molar-refractivity contribution in [2.24, 2.45) is 0 Å². The Morgan fingerprint density at radius 3 is 2.09 bits per heavy atom. The average molecular weight is 312 g/mol. The molecule has 0 bridgehead atoms. The second kappa shape index (κ2) is 8.24. The SMILES string of the molecule is Cc1cc(C)c(C(=O)O[PH](=O)Oc2ccccc2)c(C)c1.[LiH]. The number of para-hydroxylation sites is 1. The molecule has 0 N–H and O–H groups in total. The summed E-state index contributed by atoms with van der Waals surface area (Å²) >= 11 is 0. The van der Waals surface area contributed by atoms with Crippen LogP contribution in [-0.4, -0.2) is 24.8 Å². The van der Waals surface area contributed by atoms with Crippen LogP contribution in [0.5, 0.6) is 5.75 Å². The number of hydrogen-bond acceptors (Lipinski definition) is 4. The molecule has 22 heavy (non-hydrogen) atoms. The van der Waals surface area contributed by atoms with Gasteiger partial charge >= 0.3 is 33.1 Å². The van der Waals surface area contributed by atoms with Crippen LogP contribution >= 0.6 is 8.25 Å². The van der Waals surface area contributed by atoms with Crippen LogP contribution in [0.25, 0.3) is 0 Å². The van der Waals surface area contributed by atoms with Gasteiger partial charge in [-0.3, -0.25) is 0 Å². The van der Waals surface area contributed by atoms with Crippen molar-refractivity contribution in [3.63, 3.8) is 0 Å². The van der Waals surface area contributed by atoms with E-state index in [9.17, 15) is 9.36 Å². The molecule has 0 heterocycles. The van der Waals surface area contributed by atoms with Crippen LogP contribution in [-0.2, 0) is 9.09 Å². The third kappa shape index (κ3) is 4.78. The van der Waals surface area contributed by atoms with Gasteiger partial charge in [0, 0.05) is 0 Å². The van der Waals surface area contributed by atoms with Crippen LogP contribution in [0.4, 0.5) is 0 Å². The molecule has 0 fully saturated rings. The van der Waals surface area contributed by atoms with E-state index in [0.29, 0.717) is 11.3 Å². The Morgan fingerprint density at radius 1 is 1.00 bits per heavy atom. The summed E-state index contributed by atoms with van der Waals surface area (Å²) in [6.07, 6.45) is 0. The molecule has 2 aromatic rings. The standard InChI is InChI=1S/C16H17O4P.Li.H/c1-11-9-12(2)15(13(3)10-11)16(17)20-21(18)19-14-7-5-4-6-8-14;;/h4-10,21H,1-3H3;;. The van der Waals surface area contributed by atoms with Crippen molar-refractivity contribution in [1.82, 2.24) is 0 Å². The van der Waals surface area contributed by atoms with E-state index in [1.807, 2.05) is 39.0 Å². The van der Waals surface area contributed by atoms with E-state index in [1.165, 1.54) is 0 Å². The van der Waals surface area contributed by atoms with E-state index < -0.39 is 14.2 Å². The van der Waals surface area contributed by atoms with Crippen molar-refractivity contribution < 1.29 is 18.4 Å². The quantitative estimate of drug-likeness (QED) is 0.639. The Bertz CT molecular complexity index is 663. The predicted octanol–water partition coefficient (Wildman–Crippen LogP) is 3.59. The van der Waals surface area contributed by atoms with Gasteiger partial charge in [-0.1, -0.05) is 35.9 Å². The van der Waals surface area contributed by atoms with Gasteiger partial charge in [-0.05, 0) is 44.0 Å². The summed E-state index contributed by atoms with van der Waals surface area (Å²) in [7, 11) is -2.93. The van der Waals surface area contributed by atoms with Crippen molar-refractivity contribution >= 4 is 33.1 Å². The molecule has 1 atom stereocenters. The molecule has 0 aliphatic heterocycles. The van der Waals surface area contributed by atoms with E-state index in [0.717, 1.165) is 16.7 Å². The molecule has 0 radical (unpaired) electrons. The molecule has 0 saturated heterocycles. The number of hydrogen-bond donors (Lipinski definition) is 0. The van der Waals surface area contributed by atoms with E-state index >= 15 is 0 Å². The van der Waals surface area contributed by atoms with Crippen molar-refractivity contribution in [2.45, 2.75) is 20.8 Å². The first-order chi connectivity index (χ1) is 9.97. The summed E-state index contributed by atoms with van der Waals surface area (Å²) in [5, 5.41) is 0. The minimum absolute atomic E-state index is 0. The van der Waals surface area contributed by atoms with Crippen LogP contribution in [0, 0.1) is 20.8 Å². The third-order valence-electron chi connectivity index (χ3n) is 3.00. The van der Waals surface area contributed by atoms with Gasteiger partial charge in [-0.25, -0.2) is 9.36 Å². The van der Waals surface area contributed by atoms with Gasteiger partial charge < -0.3 is 9.05 Å². The van der Waals surface area contributed by atoms with Crippen molar-refractivity contribution in [3.8, 4) is 5.75 Å². The van der Waals surface area contributed by atoms with Gasteiger partial charge in [0.2, 0.25) is 0 Å². The molecule has 0 spiro atoms. The molecule has 1 unspecified atom stereocenters. The molecule has 0 aliphatic rings. The zero-order chi connectivity index (χ0) is 15.4. The Balaban J connectivity index is 0.00000242. The Hall–Kier alpha value is -1.46. The van der Waals surface area contributed by atoms with Crippen LogP contribution in [0.3, 0.4) is 0 Å². The summed E-state index contributed by atoms with van der Waals surface area (Å²) in [5.74, 6) is -0.212. The van der Waals surface area contributed by atoms with E-state index in [-0.39, 0.29) is 18.9 Å². The normalized spacial score (nSPS) is 11.2. The van der Waals surface area contributed by atoms with Gasteiger partial charge in [0.15, 0.2) is 0 Å². The van der Waals surface area contributed by atoms with Gasteiger partial charge in [0.25, 0.3) is 0 Å². The molecule has 2 rings (SSSR count). The number of carbonyl (C=O) groups excluding carboxylic acids is 1. The summed E-state index contributed by atoms with van der Waals surface area (Å²) in [6, 6.07) is 12.4. The van der Waals surface area contributed by atoms with E-state index in [2.05, 4.69) is 0 Å². The van der Waals surface area contributed by atoms with Crippen LogP contribution in [0.1, 0.15) is 27.0 Å². The van der Waals surface area contributed by atoms with Gasteiger partial charge in [-0.15, -0.1) is 0 Å². The second-order valence-electron chi connectivity index (χ2n) is 4.83. The Kier molecular flexibility index (Phi) is 6.96. The summed E-state index contributed by atoms with van der Waals surface area (Å²) in [6.45, 7) is 5.61. The fourth-order valence-corrected chi connectivity index (χ4v) is 2.86. The molecular formula is C16H18LiO4P. The third-order valence-corrected chi connectivity index (χ3v) is 3.76. The van der Waals surface area contributed by atoms with Crippen LogP contribution in [0.2, 0.25) is 0 Å². The topological polar surface area (TPSA) is 52.6 Å². The fraction of sp³-hybridized carbons (Fsp3) is 0.188.